The number of halogens is 2. The van der Waals surface area contributed by atoms with Gasteiger partial charge in [-0.3, -0.25) is 4.90 Å². The van der Waals surface area contributed by atoms with E-state index in [1.165, 1.54) is 5.56 Å². The van der Waals surface area contributed by atoms with Crippen molar-refractivity contribution in [2.24, 2.45) is 0 Å². The van der Waals surface area contributed by atoms with Crippen LogP contribution in [0.1, 0.15) is 43.4 Å². The van der Waals surface area contributed by atoms with Gasteiger partial charge in [0.25, 0.3) is 0 Å². The van der Waals surface area contributed by atoms with Crippen LogP contribution in [0.2, 0.25) is 0 Å². The van der Waals surface area contributed by atoms with E-state index in [0.29, 0.717) is 12.3 Å². The van der Waals surface area contributed by atoms with Gasteiger partial charge in [0.2, 0.25) is 0 Å². The number of nitrogens with zero attached hydrogens (tertiary/aromatic N) is 2. The first-order valence-electron chi connectivity index (χ1n) is 7.67. The molecule has 0 aliphatic carbocycles. The van der Waals surface area contributed by atoms with Crippen LogP contribution in [0.5, 0.6) is 5.75 Å². The second-order valence-corrected chi connectivity index (χ2v) is 5.82. The summed E-state index contributed by atoms with van der Waals surface area (Å²) in [6, 6.07) is 8.84. The van der Waals surface area contributed by atoms with Crippen LogP contribution in [0.25, 0.3) is 0 Å². The number of nitriles is 1. The van der Waals surface area contributed by atoms with Crippen molar-refractivity contribution in [3.63, 3.8) is 0 Å². The van der Waals surface area contributed by atoms with Crippen LogP contribution in [0.3, 0.4) is 0 Å². The molecular weight excluding hydrogens is 333 g/mol. The molecule has 4 nitrogen and oxygen atoms in total. The monoisotopic (exact) mass is 359 g/mol. The number of hydrogen-bond acceptors (Lipinski definition) is 4. The normalized spacial score (nSPS) is 16.0. The Morgan fingerprint density at radius 1 is 1.26 bits per heavy atom. The number of ether oxygens (including phenoxy) is 1. The molecule has 0 unspecified atom stereocenters. The fraction of sp³-hybridized carbons (Fsp3) is 0.588. The lowest BCUT2D eigenvalue weighted by molar-refractivity contribution is 0.172. The topological polar surface area (TPSA) is 48.3 Å². The van der Waals surface area contributed by atoms with Crippen molar-refractivity contribution in [3.05, 3.63) is 29.3 Å². The summed E-state index contributed by atoms with van der Waals surface area (Å²) in [7, 11) is 1.70. The Morgan fingerprint density at radius 2 is 1.91 bits per heavy atom. The quantitative estimate of drug-likeness (QED) is 0.873. The number of benzene rings is 1. The van der Waals surface area contributed by atoms with Crippen molar-refractivity contribution in [3.8, 4) is 11.8 Å². The molecule has 1 atom stereocenters. The van der Waals surface area contributed by atoms with Gasteiger partial charge in [-0.1, -0.05) is 26.0 Å². The third-order valence-corrected chi connectivity index (χ3v) is 4.16. The van der Waals surface area contributed by atoms with Crippen molar-refractivity contribution in [2.75, 3.05) is 33.3 Å². The molecule has 1 aromatic rings. The summed E-state index contributed by atoms with van der Waals surface area (Å²) in [6.07, 6.45) is 0.498. The molecule has 0 spiro atoms. The number of rotatable bonds is 5. The second-order valence-electron chi connectivity index (χ2n) is 5.82. The largest absolute Gasteiger partial charge is 0.496 e. The van der Waals surface area contributed by atoms with Gasteiger partial charge in [0.1, 0.15) is 5.75 Å². The van der Waals surface area contributed by atoms with E-state index in [2.05, 4.69) is 42.3 Å². The lowest BCUT2D eigenvalue weighted by Gasteiger charge is -2.35. The maximum Gasteiger partial charge on any atom is 0.123 e. The molecule has 6 heteroatoms. The van der Waals surface area contributed by atoms with Crippen LogP contribution < -0.4 is 10.1 Å². The molecule has 0 aromatic heterocycles. The Balaban J connectivity index is 0.00000242. The van der Waals surface area contributed by atoms with Crippen LogP contribution in [-0.4, -0.2) is 38.2 Å². The van der Waals surface area contributed by atoms with Gasteiger partial charge in [-0.15, -0.1) is 24.8 Å². The fourth-order valence-corrected chi connectivity index (χ4v) is 2.89. The Labute approximate surface area is 152 Å². The lowest BCUT2D eigenvalue weighted by atomic mass is 9.94. The summed E-state index contributed by atoms with van der Waals surface area (Å²) in [4.78, 5) is 2.39. The second kappa shape index (κ2) is 10.7. The Hall–Kier alpha value is -0.990. The summed E-state index contributed by atoms with van der Waals surface area (Å²) in [6.45, 7) is 8.29. The van der Waals surface area contributed by atoms with Gasteiger partial charge in [-0.05, 0) is 17.5 Å². The van der Waals surface area contributed by atoms with Gasteiger partial charge >= 0.3 is 0 Å². The smallest absolute Gasteiger partial charge is 0.123 e. The molecular formula is C17H27Cl2N3O. The van der Waals surface area contributed by atoms with E-state index in [1.54, 1.807) is 7.11 Å². The van der Waals surface area contributed by atoms with Crippen molar-refractivity contribution < 1.29 is 4.74 Å². The summed E-state index contributed by atoms with van der Waals surface area (Å²) in [5.41, 5.74) is 2.44. The van der Waals surface area contributed by atoms with Gasteiger partial charge in [0.05, 0.1) is 25.6 Å². The molecule has 0 amide bonds. The highest BCUT2D eigenvalue weighted by atomic mass is 35.5. The van der Waals surface area contributed by atoms with Gasteiger partial charge in [-0.2, -0.15) is 5.26 Å². The average molecular weight is 360 g/mol. The molecule has 130 valence electrons. The van der Waals surface area contributed by atoms with Crippen molar-refractivity contribution in [1.82, 2.24) is 10.2 Å². The van der Waals surface area contributed by atoms with Crippen LogP contribution in [-0.2, 0) is 0 Å². The fourth-order valence-electron chi connectivity index (χ4n) is 2.89. The molecule has 0 bridgehead atoms. The third-order valence-electron chi connectivity index (χ3n) is 4.16. The lowest BCUT2D eigenvalue weighted by Crippen LogP contribution is -2.45. The molecule has 0 radical (unpaired) electrons. The van der Waals surface area contributed by atoms with Gasteiger partial charge in [0.15, 0.2) is 0 Å². The number of piperazine rings is 1. The summed E-state index contributed by atoms with van der Waals surface area (Å²) >= 11 is 0. The minimum atomic E-state index is 0. The highest BCUT2D eigenvalue weighted by Gasteiger charge is 2.25. The van der Waals surface area contributed by atoms with Crippen LogP contribution in [0.4, 0.5) is 0 Å². The minimum absolute atomic E-state index is 0. The first kappa shape index (κ1) is 22.0. The zero-order chi connectivity index (χ0) is 15.2. The molecule has 23 heavy (non-hydrogen) atoms. The first-order chi connectivity index (χ1) is 10.2. The first-order valence-corrected chi connectivity index (χ1v) is 7.67. The summed E-state index contributed by atoms with van der Waals surface area (Å²) < 4.78 is 5.55. The maximum absolute atomic E-state index is 9.24. The van der Waals surface area contributed by atoms with Gasteiger partial charge in [-0.25, -0.2) is 0 Å². The molecule has 1 saturated heterocycles. The van der Waals surface area contributed by atoms with Crippen molar-refractivity contribution in [1.29, 1.82) is 5.26 Å². The predicted molar refractivity (Wildman–Crippen MR) is 99.0 cm³/mol. The van der Waals surface area contributed by atoms with E-state index in [0.717, 1.165) is 37.5 Å². The van der Waals surface area contributed by atoms with Crippen molar-refractivity contribution >= 4 is 24.8 Å². The average Bonchev–Trinajstić information content (AvgIpc) is 2.52. The molecule has 1 heterocycles. The Kier molecular flexibility index (Phi) is 10.3. The predicted octanol–water partition coefficient (Wildman–Crippen LogP) is 3.52. The van der Waals surface area contributed by atoms with E-state index < -0.39 is 0 Å². The molecule has 1 aliphatic heterocycles. The Morgan fingerprint density at radius 3 is 2.43 bits per heavy atom. The van der Waals surface area contributed by atoms with Crippen LogP contribution in [0.15, 0.2) is 18.2 Å². The third kappa shape index (κ3) is 5.54. The molecule has 2 rings (SSSR count). The van der Waals surface area contributed by atoms with Crippen LogP contribution in [0, 0.1) is 11.3 Å². The molecule has 1 N–H and O–H groups in total. The van der Waals surface area contributed by atoms with Crippen LogP contribution >= 0.6 is 24.8 Å². The van der Waals surface area contributed by atoms with E-state index >= 15 is 0 Å². The molecule has 0 saturated carbocycles. The van der Waals surface area contributed by atoms with Gasteiger partial charge in [0, 0.05) is 31.7 Å². The number of nitrogens with one attached hydrogen (secondary N) is 1. The number of methoxy groups -OCH3 is 1. The summed E-state index contributed by atoms with van der Waals surface area (Å²) in [5.74, 6) is 1.36. The van der Waals surface area contributed by atoms with Gasteiger partial charge < -0.3 is 10.1 Å². The van der Waals surface area contributed by atoms with E-state index in [-0.39, 0.29) is 30.9 Å². The van der Waals surface area contributed by atoms with E-state index in [4.69, 9.17) is 4.74 Å². The van der Waals surface area contributed by atoms with E-state index in [1.807, 2.05) is 6.07 Å². The van der Waals surface area contributed by atoms with Crippen molar-refractivity contribution in [2.45, 2.75) is 32.2 Å². The van der Waals surface area contributed by atoms with E-state index in [9.17, 15) is 5.26 Å². The maximum atomic E-state index is 9.24. The zero-order valence-electron chi connectivity index (χ0n) is 14.0. The SMILES string of the molecule is COc1ccc(C(C)C)cc1[C@H](CC#N)N1CCNCC1.Cl.Cl. The standard InChI is InChI=1S/C17H25N3O.2ClH/c1-13(2)14-4-5-17(21-3)15(12-14)16(6-7-18)20-10-8-19-9-11-20;;/h4-5,12-13,16,19H,6,8-11H2,1-3H3;2*1H/t16-;;/m0../s1. The molecule has 1 aromatic carbocycles. The Bertz CT molecular complexity index is 511. The highest BCUT2D eigenvalue weighted by Crippen LogP contribution is 2.34. The highest BCUT2D eigenvalue weighted by molar-refractivity contribution is 5.85. The number of hydrogen-bond donors (Lipinski definition) is 1. The summed E-state index contributed by atoms with van der Waals surface area (Å²) in [5, 5.41) is 12.6. The zero-order valence-corrected chi connectivity index (χ0v) is 15.7. The molecule has 1 fully saturated rings. The minimum Gasteiger partial charge on any atom is -0.496 e. The molecule has 1 aliphatic rings.